The average Bonchev–Trinajstić information content (AvgIpc) is 3.43. The van der Waals surface area contributed by atoms with Crippen LogP contribution in [0.2, 0.25) is 0 Å². The Morgan fingerprint density at radius 1 is 0.129 bits per heavy atom. The van der Waals surface area contributed by atoms with E-state index in [0.717, 1.165) is 68.2 Å². The second-order valence-electron chi connectivity index (χ2n) is 17.5. The molecular weight excluding hydrogens is 849 g/mol. The molecule has 0 aromatic heterocycles. The molecular formula is C66H48N4. The van der Waals surface area contributed by atoms with Crippen LogP contribution in [0.15, 0.2) is 291 Å². The molecule has 12 aromatic rings. The van der Waals surface area contributed by atoms with Gasteiger partial charge in [-0.15, -0.1) is 0 Å². The lowest BCUT2D eigenvalue weighted by molar-refractivity contribution is 1.24. The fourth-order valence-corrected chi connectivity index (χ4v) is 9.72. The summed E-state index contributed by atoms with van der Waals surface area (Å²) >= 11 is 0. The molecule has 0 atom stereocenters. The van der Waals surface area contributed by atoms with E-state index in [2.05, 4.69) is 311 Å². The van der Waals surface area contributed by atoms with E-state index in [1.54, 1.807) is 0 Å². The van der Waals surface area contributed by atoms with Crippen LogP contribution >= 0.6 is 0 Å². The molecule has 12 aromatic carbocycles. The summed E-state index contributed by atoms with van der Waals surface area (Å²) in [6, 6.07) is 104. The molecule has 332 valence electrons. The number of hydrogen-bond donors (Lipinski definition) is 0. The first kappa shape index (κ1) is 42.0. The van der Waals surface area contributed by atoms with Gasteiger partial charge in [-0.3, -0.25) is 0 Å². The van der Waals surface area contributed by atoms with Crippen molar-refractivity contribution in [1.29, 1.82) is 0 Å². The molecule has 4 heteroatoms. The Balaban J connectivity index is 0.916. The van der Waals surface area contributed by atoms with Gasteiger partial charge < -0.3 is 19.6 Å². The van der Waals surface area contributed by atoms with Crippen molar-refractivity contribution < 1.29 is 0 Å². The lowest BCUT2D eigenvalue weighted by Gasteiger charge is -2.30. The molecule has 0 unspecified atom stereocenters. The topological polar surface area (TPSA) is 13.0 Å². The van der Waals surface area contributed by atoms with Crippen molar-refractivity contribution in [3.05, 3.63) is 291 Å². The predicted octanol–water partition coefficient (Wildman–Crippen LogP) is 19.0. The molecule has 0 saturated heterocycles. The fourth-order valence-electron chi connectivity index (χ4n) is 9.72. The summed E-state index contributed by atoms with van der Waals surface area (Å²) in [5, 5.41) is 7.26. The van der Waals surface area contributed by atoms with Crippen LogP contribution < -0.4 is 19.6 Å². The van der Waals surface area contributed by atoms with Crippen LogP contribution in [-0.2, 0) is 0 Å². The van der Waals surface area contributed by atoms with Gasteiger partial charge >= 0.3 is 0 Å². The minimum atomic E-state index is 1.05. The minimum absolute atomic E-state index is 1.05. The molecule has 0 heterocycles. The van der Waals surface area contributed by atoms with Crippen molar-refractivity contribution >= 4 is 101 Å². The number of rotatable bonds is 12. The van der Waals surface area contributed by atoms with E-state index in [-0.39, 0.29) is 0 Å². The molecule has 4 nitrogen and oxygen atoms in total. The van der Waals surface area contributed by atoms with Gasteiger partial charge in [0, 0.05) is 68.2 Å². The van der Waals surface area contributed by atoms with Gasteiger partial charge in [-0.25, -0.2) is 0 Å². The van der Waals surface area contributed by atoms with Crippen LogP contribution in [0.3, 0.4) is 0 Å². The van der Waals surface area contributed by atoms with Crippen LogP contribution in [0.5, 0.6) is 0 Å². The average molecular weight is 897 g/mol. The minimum Gasteiger partial charge on any atom is -0.311 e. The zero-order valence-electron chi connectivity index (χ0n) is 38.5. The molecule has 0 spiro atoms. The van der Waals surface area contributed by atoms with Gasteiger partial charge in [-0.1, -0.05) is 146 Å². The summed E-state index contributed by atoms with van der Waals surface area (Å²) < 4.78 is 0. The number of para-hydroxylation sites is 3. The van der Waals surface area contributed by atoms with E-state index in [1.165, 1.54) is 32.3 Å². The molecule has 0 N–H and O–H groups in total. The third-order valence-electron chi connectivity index (χ3n) is 13.1. The Bertz CT molecular complexity index is 3710. The normalized spacial score (nSPS) is 11.1. The van der Waals surface area contributed by atoms with Gasteiger partial charge in [0.1, 0.15) is 0 Å². The summed E-state index contributed by atoms with van der Waals surface area (Å²) in [5.74, 6) is 0. The van der Waals surface area contributed by atoms with Crippen LogP contribution in [0, 0.1) is 0 Å². The zero-order chi connectivity index (χ0) is 46.6. The third-order valence-corrected chi connectivity index (χ3v) is 13.1. The monoisotopic (exact) mass is 896 g/mol. The molecule has 0 amide bonds. The summed E-state index contributed by atoms with van der Waals surface area (Å²) in [5.41, 5.74) is 13.0. The second-order valence-corrected chi connectivity index (χ2v) is 17.5. The Labute approximate surface area is 409 Å². The standard InChI is InChI=1S/C66H48N4/c1-4-22-55(23-5-1)67(58-34-38-60(39-35-58)68(56-24-6-2-7-25-56)64-31-28-49-16-10-13-19-52(49)46-64)59-36-40-62(41-37-59)70(66-33-30-51-18-12-15-21-54(51)48-66)63-44-42-61(43-45-63)69(57-26-8-3-9-27-57)65-32-29-50-17-11-14-20-53(50)47-65/h1-48H. The van der Waals surface area contributed by atoms with Crippen LogP contribution in [0.1, 0.15) is 0 Å². The van der Waals surface area contributed by atoms with Gasteiger partial charge in [-0.05, 0) is 178 Å². The highest BCUT2D eigenvalue weighted by Gasteiger charge is 2.20. The summed E-state index contributed by atoms with van der Waals surface area (Å²) in [6.45, 7) is 0. The highest BCUT2D eigenvalue weighted by atomic mass is 15.2. The lowest BCUT2D eigenvalue weighted by Crippen LogP contribution is -2.13. The highest BCUT2D eigenvalue weighted by Crippen LogP contribution is 2.44. The summed E-state index contributed by atoms with van der Waals surface area (Å²) in [4.78, 5) is 9.35. The van der Waals surface area contributed by atoms with E-state index >= 15 is 0 Å². The number of nitrogens with zero attached hydrogens (tertiary/aromatic N) is 4. The summed E-state index contributed by atoms with van der Waals surface area (Å²) in [7, 11) is 0. The molecule has 12 rings (SSSR count). The van der Waals surface area contributed by atoms with Gasteiger partial charge in [0.25, 0.3) is 0 Å². The lowest BCUT2D eigenvalue weighted by atomic mass is 10.1. The molecule has 0 fully saturated rings. The maximum absolute atomic E-state index is 2.36. The second kappa shape index (κ2) is 18.7. The first-order valence-corrected chi connectivity index (χ1v) is 23.8. The van der Waals surface area contributed by atoms with Crippen molar-refractivity contribution in [2.45, 2.75) is 0 Å². The molecule has 0 aliphatic carbocycles. The van der Waals surface area contributed by atoms with Crippen molar-refractivity contribution in [2.24, 2.45) is 0 Å². The van der Waals surface area contributed by atoms with Gasteiger partial charge in [0.05, 0.1) is 0 Å². The van der Waals surface area contributed by atoms with Crippen molar-refractivity contribution in [3.63, 3.8) is 0 Å². The van der Waals surface area contributed by atoms with Gasteiger partial charge in [-0.2, -0.15) is 0 Å². The SMILES string of the molecule is c1ccc(N(c2ccc(N(c3ccccc3)c3ccc4ccccc4c3)cc2)c2ccc(N(c3ccc(N(c4ccccc4)c4ccc5ccccc5c4)cc3)c3ccc4ccccc4c3)cc2)cc1. The van der Waals surface area contributed by atoms with E-state index in [4.69, 9.17) is 0 Å². The smallest absolute Gasteiger partial charge is 0.0468 e. The maximum Gasteiger partial charge on any atom is 0.0468 e. The van der Waals surface area contributed by atoms with E-state index < -0.39 is 0 Å². The Hall–Kier alpha value is -9.38. The van der Waals surface area contributed by atoms with Crippen molar-refractivity contribution in [2.75, 3.05) is 19.6 Å². The Morgan fingerprint density at radius 3 is 0.543 bits per heavy atom. The quantitative estimate of drug-likeness (QED) is 0.121. The van der Waals surface area contributed by atoms with Gasteiger partial charge in [0.2, 0.25) is 0 Å². The third kappa shape index (κ3) is 8.36. The Morgan fingerprint density at radius 2 is 0.300 bits per heavy atom. The van der Waals surface area contributed by atoms with Crippen molar-refractivity contribution in [3.8, 4) is 0 Å². The van der Waals surface area contributed by atoms with E-state index in [0.29, 0.717) is 0 Å². The van der Waals surface area contributed by atoms with Crippen LogP contribution in [-0.4, -0.2) is 0 Å². The molecule has 70 heavy (non-hydrogen) atoms. The van der Waals surface area contributed by atoms with E-state index in [9.17, 15) is 0 Å². The number of benzene rings is 12. The first-order valence-electron chi connectivity index (χ1n) is 23.8. The largest absolute Gasteiger partial charge is 0.311 e. The summed E-state index contributed by atoms with van der Waals surface area (Å²) in [6.07, 6.45) is 0. The maximum atomic E-state index is 2.36. The molecule has 0 aliphatic heterocycles. The highest BCUT2D eigenvalue weighted by molar-refractivity contribution is 5.93. The zero-order valence-corrected chi connectivity index (χ0v) is 38.5. The fraction of sp³-hybridized carbons (Fsp3) is 0. The van der Waals surface area contributed by atoms with Gasteiger partial charge in [0.15, 0.2) is 0 Å². The molecule has 0 bridgehead atoms. The molecule has 0 aliphatic rings. The predicted molar refractivity (Wildman–Crippen MR) is 298 cm³/mol. The molecule has 0 radical (unpaired) electrons. The number of hydrogen-bond acceptors (Lipinski definition) is 4. The Kier molecular flexibility index (Phi) is 11.2. The molecule has 0 saturated carbocycles. The van der Waals surface area contributed by atoms with E-state index in [1.807, 2.05) is 0 Å². The van der Waals surface area contributed by atoms with Crippen molar-refractivity contribution in [1.82, 2.24) is 0 Å². The first-order chi connectivity index (χ1) is 34.7. The number of fused-ring (bicyclic) bond motifs is 3. The number of anilines is 12. The van der Waals surface area contributed by atoms with Crippen LogP contribution in [0.4, 0.5) is 68.2 Å². The van der Waals surface area contributed by atoms with Crippen LogP contribution in [0.25, 0.3) is 32.3 Å².